The number of nitrogens with one attached hydrogen (secondary N) is 1. The van der Waals surface area contributed by atoms with Gasteiger partial charge in [-0.3, -0.25) is 9.36 Å². The molecule has 2 heterocycles. The number of rotatable bonds is 9. The highest BCUT2D eigenvalue weighted by Gasteiger charge is 2.16. The zero-order valence-electron chi connectivity index (χ0n) is 21.2. The van der Waals surface area contributed by atoms with E-state index in [1.54, 1.807) is 0 Å². The van der Waals surface area contributed by atoms with Gasteiger partial charge in [-0.25, -0.2) is 4.98 Å². The standard InChI is InChI=1S/C30H30N6O/c1-3-4-14-28-31-21(2)27(19-22-10-6-5-7-11-22)30(37)36(28)20-23-15-17-24(18-16-23)25-12-8-9-13-26(25)29-32-34-35-33-29/h5-13,15-18H,3-4,14,19-20H2,1-2H3,(H,32,33,34,35). The number of nitrogens with zero attached hydrogens (tertiary/aromatic N) is 5. The number of hydrogen-bond acceptors (Lipinski definition) is 5. The van der Waals surface area contributed by atoms with E-state index in [0.29, 0.717) is 18.8 Å². The van der Waals surface area contributed by atoms with E-state index in [1.165, 1.54) is 0 Å². The molecule has 5 aromatic rings. The van der Waals surface area contributed by atoms with Crippen LogP contribution in [0.25, 0.3) is 22.5 Å². The summed E-state index contributed by atoms with van der Waals surface area (Å²) < 4.78 is 1.86. The first-order valence-corrected chi connectivity index (χ1v) is 12.7. The molecule has 37 heavy (non-hydrogen) atoms. The van der Waals surface area contributed by atoms with Crippen LogP contribution in [-0.2, 0) is 19.4 Å². The van der Waals surface area contributed by atoms with Crippen molar-refractivity contribution >= 4 is 0 Å². The Kier molecular flexibility index (Phi) is 7.31. The lowest BCUT2D eigenvalue weighted by molar-refractivity contribution is 0.625. The maximum absolute atomic E-state index is 13.7. The number of tetrazole rings is 1. The molecule has 0 spiro atoms. The van der Waals surface area contributed by atoms with E-state index >= 15 is 0 Å². The average molecular weight is 491 g/mol. The second-order valence-corrected chi connectivity index (χ2v) is 9.23. The summed E-state index contributed by atoms with van der Waals surface area (Å²) in [4.78, 5) is 18.7. The summed E-state index contributed by atoms with van der Waals surface area (Å²) in [6.07, 6.45) is 3.41. The van der Waals surface area contributed by atoms with Crippen LogP contribution in [0.3, 0.4) is 0 Å². The van der Waals surface area contributed by atoms with Crippen LogP contribution < -0.4 is 5.56 Å². The molecule has 7 nitrogen and oxygen atoms in total. The van der Waals surface area contributed by atoms with Crippen molar-refractivity contribution in [2.24, 2.45) is 0 Å². The molecule has 0 aliphatic carbocycles. The summed E-state index contributed by atoms with van der Waals surface area (Å²) in [6, 6.07) is 26.4. The van der Waals surface area contributed by atoms with Gasteiger partial charge < -0.3 is 0 Å². The van der Waals surface area contributed by atoms with E-state index in [1.807, 2.05) is 54.0 Å². The van der Waals surface area contributed by atoms with Crippen LogP contribution in [0.5, 0.6) is 0 Å². The molecule has 2 aromatic heterocycles. The molecule has 0 atom stereocenters. The molecule has 0 aliphatic heterocycles. The van der Waals surface area contributed by atoms with Crippen LogP contribution >= 0.6 is 0 Å². The normalized spacial score (nSPS) is 11.1. The van der Waals surface area contributed by atoms with E-state index in [2.05, 4.69) is 63.9 Å². The van der Waals surface area contributed by atoms with Gasteiger partial charge in [0.2, 0.25) is 5.82 Å². The van der Waals surface area contributed by atoms with Gasteiger partial charge in [0.15, 0.2) is 0 Å². The lowest BCUT2D eigenvalue weighted by Crippen LogP contribution is -2.30. The Labute approximate surface area is 216 Å². The lowest BCUT2D eigenvalue weighted by Gasteiger charge is -2.16. The third kappa shape index (κ3) is 5.40. The molecule has 5 rings (SSSR count). The minimum atomic E-state index is 0.0500. The maximum Gasteiger partial charge on any atom is 0.257 e. The van der Waals surface area contributed by atoms with Gasteiger partial charge in [0.1, 0.15) is 5.82 Å². The zero-order valence-corrected chi connectivity index (χ0v) is 21.2. The average Bonchev–Trinajstić information content (AvgIpc) is 3.48. The smallest absolute Gasteiger partial charge is 0.257 e. The Morgan fingerprint density at radius 3 is 2.30 bits per heavy atom. The SMILES string of the molecule is CCCCc1nc(C)c(Cc2ccccc2)c(=O)n1Cc1ccc(-c2ccccc2-c2nn[nH]n2)cc1. The van der Waals surface area contributed by atoms with E-state index < -0.39 is 0 Å². The molecule has 0 amide bonds. The highest BCUT2D eigenvalue weighted by Crippen LogP contribution is 2.29. The van der Waals surface area contributed by atoms with Gasteiger partial charge in [0.25, 0.3) is 5.56 Å². The minimum Gasteiger partial charge on any atom is -0.292 e. The summed E-state index contributed by atoms with van der Waals surface area (Å²) in [5, 5.41) is 14.5. The summed E-state index contributed by atoms with van der Waals surface area (Å²) in [5.74, 6) is 1.41. The molecular weight excluding hydrogens is 460 g/mol. The number of hydrogen-bond donors (Lipinski definition) is 1. The number of aromatic amines is 1. The van der Waals surface area contributed by atoms with Crippen molar-refractivity contribution in [2.45, 2.75) is 46.1 Å². The predicted octanol–water partition coefficient (Wildman–Crippen LogP) is 5.38. The minimum absolute atomic E-state index is 0.0500. The maximum atomic E-state index is 13.7. The van der Waals surface area contributed by atoms with E-state index in [9.17, 15) is 4.79 Å². The monoisotopic (exact) mass is 490 g/mol. The highest BCUT2D eigenvalue weighted by molar-refractivity contribution is 5.80. The molecule has 186 valence electrons. The van der Waals surface area contributed by atoms with Gasteiger partial charge in [-0.2, -0.15) is 5.21 Å². The predicted molar refractivity (Wildman–Crippen MR) is 145 cm³/mol. The van der Waals surface area contributed by atoms with Crippen LogP contribution in [-0.4, -0.2) is 30.2 Å². The Hall–Kier alpha value is -4.39. The largest absolute Gasteiger partial charge is 0.292 e. The van der Waals surface area contributed by atoms with Gasteiger partial charge in [0.05, 0.1) is 6.54 Å². The van der Waals surface area contributed by atoms with Crippen molar-refractivity contribution in [3.63, 3.8) is 0 Å². The third-order valence-corrected chi connectivity index (χ3v) is 6.64. The molecule has 7 heteroatoms. The molecule has 0 unspecified atom stereocenters. The molecule has 1 N–H and O–H groups in total. The van der Waals surface area contributed by atoms with Crippen molar-refractivity contribution < 1.29 is 0 Å². The number of unbranched alkanes of at least 4 members (excludes halogenated alkanes) is 1. The molecule has 0 saturated carbocycles. The summed E-state index contributed by atoms with van der Waals surface area (Å²) in [7, 11) is 0. The first-order chi connectivity index (χ1) is 18.1. The highest BCUT2D eigenvalue weighted by atomic mass is 16.1. The second-order valence-electron chi connectivity index (χ2n) is 9.23. The van der Waals surface area contributed by atoms with E-state index in [-0.39, 0.29) is 5.56 Å². The van der Waals surface area contributed by atoms with Crippen molar-refractivity contribution in [3.05, 3.63) is 117 Å². The summed E-state index contributed by atoms with van der Waals surface area (Å²) >= 11 is 0. The quantitative estimate of drug-likeness (QED) is 0.300. The first-order valence-electron chi connectivity index (χ1n) is 12.7. The van der Waals surface area contributed by atoms with E-state index in [4.69, 9.17) is 4.98 Å². The molecule has 3 aromatic carbocycles. The van der Waals surface area contributed by atoms with Crippen LogP contribution in [0.1, 0.15) is 48.0 Å². The fraction of sp³-hybridized carbons (Fsp3) is 0.233. The molecular formula is C30H30N6O. The third-order valence-electron chi connectivity index (χ3n) is 6.64. The second kappa shape index (κ2) is 11.1. The zero-order chi connectivity index (χ0) is 25.6. The molecule has 0 aliphatic rings. The van der Waals surface area contributed by atoms with Crippen molar-refractivity contribution in [1.82, 2.24) is 30.2 Å². The van der Waals surface area contributed by atoms with Crippen molar-refractivity contribution in [2.75, 3.05) is 0 Å². The molecule has 0 fully saturated rings. The fourth-order valence-electron chi connectivity index (χ4n) is 4.63. The van der Waals surface area contributed by atoms with E-state index in [0.717, 1.165) is 64.2 Å². The number of H-pyrrole nitrogens is 1. The molecule has 0 bridgehead atoms. The Morgan fingerprint density at radius 2 is 1.59 bits per heavy atom. The fourth-order valence-corrected chi connectivity index (χ4v) is 4.63. The Balaban J connectivity index is 1.48. The summed E-state index contributed by atoms with van der Waals surface area (Å²) in [6.45, 7) is 4.60. The Morgan fingerprint density at radius 1 is 0.865 bits per heavy atom. The summed E-state index contributed by atoms with van der Waals surface area (Å²) in [5.41, 5.74) is 6.79. The van der Waals surface area contributed by atoms with Crippen molar-refractivity contribution in [1.29, 1.82) is 0 Å². The Bertz CT molecular complexity index is 1520. The topological polar surface area (TPSA) is 89.4 Å². The van der Waals surface area contributed by atoms with Gasteiger partial charge in [-0.15, -0.1) is 10.2 Å². The van der Waals surface area contributed by atoms with Crippen LogP contribution in [0.2, 0.25) is 0 Å². The van der Waals surface area contributed by atoms with Crippen LogP contribution in [0.4, 0.5) is 0 Å². The molecule has 0 saturated heterocycles. The first kappa shape index (κ1) is 24.3. The number of aryl methyl sites for hydroxylation is 2. The number of benzene rings is 3. The van der Waals surface area contributed by atoms with Crippen molar-refractivity contribution in [3.8, 4) is 22.5 Å². The van der Waals surface area contributed by atoms with Gasteiger partial charge in [0, 0.05) is 29.7 Å². The van der Waals surface area contributed by atoms with Crippen LogP contribution in [0, 0.1) is 6.92 Å². The molecule has 0 radical (unpaired) electrons. The van der Waals surface area contributed by atoms with Gasteiger partial charge >= 0.3 is 0 Å². The van der Waals surface area contributed by atoms with Gasteiger partial charge in [-0.1, -0.05) is 92.2 Å². The van der Waals surface area contributed by atoms with Crippen LogP contribution in [0.15, 0.2) is 83.7 Å². The van der Waals surface area contributed by atoms with Gasteiger partial charge in [-0.05, 0) is 40.8 Å². The lowest BCUT2D eigenvalue weighted by atomic mass is 9.98. The number of aromatic nitrogens is 6.